The average Bonchev–Trinajstić information content (AvgIpc) is 2.77. The van der Waals surface area contributed by atoms with Gasteiger partial charge in [0, 0.05) is 5.92 Å². The van der Waals surface area contributed by atoms with Crippen molar-refractivity contribution in [3.63, 3.8) is 0 Å². The summed E-state index contributed by atoms with van der Waals surface area (Å²) >= 11 is 0. The number of nitrogens with one attached hydrogen (secondary N) is 1. The quantitative estimate of drug-likeness (QED) is 0.256. The fraction of sp³-hybridized carbons (Fsp3) is 0.630. The molecular weight excluding hydrogens is 450 g/mol. The number of hydrogen-bond donors (Lipinski definition) is 2. The molecule has 0 aromatic heterocycles. The first-order chi connectivity index (χ1) is 16.4. The van der Waals surface area contributed by atoms with Crippen LogP contribution < -0.4 is 10.1 Å². The molecule has 2 N–H and O–H groups in total. The highest BCUT2D eigenvalue weighted by Crippen LogP contribution is 2.21. The summed E-state index contributed by atoms with van der Waals surface area (Å²) in [5, 5.41) is 11.7. The molecule has 1 aromatic rings. The molecule has 0 radical (unpaired) electrons. The maximum absolute atomic E-state index is 11.9. The zero-order valence-electron chi connectivity index (χ0n) is 22.2. The minimum Gasteiger partial charge on any atom is -0.497 e. The fourth-order valence-electron chi connectivity index (χ4n) is 3.20. The maximum Gasteiger partial charge on any atom is 0.408 e. The van der Waals surface area contributed by atoms with Gasteiger partial charge >= 0.3 is 12.1 Å². The van der Waals surface area contributed by atoms with Crippen LogP contribution in [0.3, 0.4) is 0 Å². The molecule has 1 unspecified atom stereocenters. The molecule has 35 heavy (non-hydrogen) atoms. The van der Waals surface area contributed by atoms with Gasteiger partial charge in [-0.15, -0.1) is 0 Å². The van der Waals surface area contributed by atoms with Crippen LogP contribution in [0.4, 0.5) is 4.79 Å². The average molecular weight is 494 g/mol. The smallest absolute Gasteiger partial charge is 0.408 e. The Morgan fingerprint density at radius 3 is 2.29 bits per heavy atom. The summed E-state index contributed by atoms with van der Waals surface area (Å²) in [6, 6.07) is 6.62. The molecule has 198 valence electrons. The summed E-state index contributed by atoms with van der Waals surface area (Å²) in [4.78, 5) is 23.3. The Balaban J connectivity index is 2.59. The van der Waals surface area contributed by atoms with E-state index in [2.05, 4.69) is 32.2 Å². The fourth-order valence-corrected chi connectivity index (χ4v) is 3.20. The number of carbonyl (C=O) groups is 2. The Morgan fingerprint density at radius 1 is 1.09 bits per heavy atom. The van der Waals surface area contributed by atoms with Crippen molar-refractivity contribution in [3.8, 4) is 5.75 Å². The number of amides is 1. The van der Waals surface area contributed by atoms with Crippen LogP contribution in [0.2, 0.25) is 0 Å². The van der Waals surface area contributed by atoms with E-state index in [1.54, 1.807) is 27.9 Å². The Hall–Kier alpha value is -2.58. The number of carbonyl (C=O) groups excluding carboxylic acids is 1. The molecule has 0 aliphatic carbocycles. The maximum atomic E-state index is 11.9. The Kier molecular flexibility index (Phi) is 13.4. The SMILES string of the molecule is COc1ccc(CO[C@@H](C)[C@@H](C=CCOCC(NC(=O)OC(C)(C)C)C(=O)O)CCC(C)C)cc1. The van der Waals surface area contributed by atoms with E-state index in [-0.39, 0.29) is 25.2 Å². The number of rotatable bonds is 15. The first-order valence-corrected chi connectivity index (χ1v) is 12.1. The molecule has 0 saturated heterocycles. The second-order valence-corrected chi connectivity index (χ2v) is 10.0. The molecule has 1 amide bonds. The molecule has 1 rings (SSSR count). The zero-order valence-corrected chi connectivity index (χ0v) is 22.2. The summed E-state index contributed by atoms with van der Waals surface area (Å²) in [5.41, 5.74) is 0.359. The van der Waals surface area contributed by atoms with E-state index in [0.29, 0.717) is 12.5 Å². The van der Waals surface area contributed by atoms with E-state index in [0.717, 1.165) is 24.2 Å². The number of benzene rings is 1. The molecule has 0 spiro atoms. The van der Waals surface area contributed by atoms with Crippen LogP contribution in [0.1, 0.15) is 59.9 Å². The predicted octanol–water partition coefficient (Wildman–Crippen LogP) is 5.20. The summed E-state index contributed by atoms with van der Waals surface area (Å²) < 4.78 is 21.9. The van der Waals surface area contributed by atoms with Gasteiger partial charge in [0.1, 0.15) is 11.4 Å². The minimum atomic E-state index is -1.19. The van der Waals surface area contributed by atoms with E-state index in [1.165, 1.54) is 0 Å². The van der Waals surface area contributed by atoms with Gasteiger partial charge < -0.3 is 29.4 Å². The molecule has 8 heteroatoms. The van der Waals surface area contributed by atoms with Crippen LogP contribution in [-0.4, -0.2) is 55.2 Å². The lowest BCUT2D eigenvalue weighted by Gasteiger charge is -2.23. The third-order valence-electron chi connectivity index (χ3n) is 5.22. The normalized spacial score (nSPS) is 14.5. The number of aliphatic carboxylic acids is 1. The van der Waals surface area contributed by atoms with Crippen LogP contribution in [0.15, 0.2) is 36.4 Å². The van der Waals surface area contributed by atoms with Gasteiger partial charge in [-0.05, 0) is 57.7 Å². The van der Waals surface area contributed by atoms with Gasteiger partial charge in [-0.3, -0.25) is 0 Å². The molecular formula is C27H43NO7. The van der Waals surface area contributed by atoms with Gasteiger partial charge in [0.15, 0.2) is 6.04 Å². The summed E-state index contributed by atoms with van der Waals surface area (Å²) in [7, 11) is 1.64. The van der Waals surface area contributed by atoms with E-state index in [9.17, 15) is 14.7 Å². The van der Waals surface area contributed by atoms with Crippen LogP contribution in [0.5, 0.6) is 5.75 Å². The van der Waals surface area contributed by atoms with Crippen molar-refractivity contribution in [2.45, 2.75) is 78.7 Å². The van der Waals surface area contributed by atoms with Crippen LogP contribution in [-0.2, 0) is 25.6 Å². The van der Waals surface area contributed by atoms with Crippen molar-refractivity contribution in [3.05, 3.63) is 42.0 Å². The molecule has 8 nitrogen and oxygen atoms in total. The van der Waals surface area contributed by atoms with E-state index in [4.69, 9.17) is 18.9 Å². The largest absolute Gasteiger partial charge is 0.497 e. The van der Waals surface area contributed by atoms with E-state index in [1.807, 2.05) is 30.3 Å². The standard InChI is InChI=1S/C27H43NO7/c1-19(2)10-13-22(20(3)34-17-21-11-14-23(32-7)15-12-21)9-8-16-33-18-24(25(29)30)28-26(31)35-27(4,5)6/h8-9,11-12,14-15,19-20,22,24H,10,13,16-18H2,1-7H3,(H,28,31)(H,29,30)/t20-,22-,24?/m0/s1. The first-order valence-electron chi connectivity index (χ1n) is 12.1. The molecule has 0 fully saturated rings. The van der Waals surface area contributed by atoms with Crippen LogP contribution in [0.25, 0.3) is 0 Å². The number of carboxylic acids is 1. The molecule has 0 saturated carbocycles. The van der Waals surface area contributed by atoms with Gasteiger partial charge in [-0.25, -0.2) is 9.59 Å². The molecule has 0 bridgehead atoms. The monoisotopic (exact) mass is 493 g/mol. The van der Waals surface area contributed by atoms with Crippen molar-refractivity contribution >= 4 is 12.1 Å². The molecule has 0 heterocycles. The minimum absolute atomic E-state index is 0.00675. The highest BCUT2D eigenvalue weighted by Gasteiger charge is 2.24. The molecule has 0 aliphatic rings. The van der Waals surface area contributed by atoms with Crippen molar-refractivity contribution in [1.82, 2.24) is 5.32 Å². The lowest BCUT2D eigenvalue weighted by Crippen LogP contribution is -2.46. The first kappa shape index (κ1) is 30.5. The Morgan fingerprint density at radius 2 is 1.74 bits per heavy atom. The molecule has 0 aliphatic heterocycles. The highest BCUT2D eigenvalue weighted by molar-refractivity contribution is 5.80. The number of hydrogen-bond acceptors (Lipinski definition) is 6. The second-order valence-electron chi connectivity index (χ2n) is 10.0. The van der Waals surface area contributed by atoms with Crippen molar-refractivity contribution < 1.29 is 33.6 Å². The van der Waals surface area contributed by atoms with Crippen molar-refractivity contribution in [2.24, 2.45) is 11.8 Å². The van der Waals surface area contributed by atoms with E-state index < -0.39 is 23.7 Å². The second kappa shape index (κ2) is 15.4. The zero-order chi connectivity index (χ0) is 26.4. The third kappa shape index (κ3) is 13.8. The van der Waals surface area contributed by atoms with Gasteiger partial charge in [0.25, 0.3) is 0 Å². The topological polar surface area (TPSA) is 103 Å². The predicted molar refractivity (Wildman–Crippen MR) is 136 cm³/mol. The number of carboxylic acid groups (broad SMARTS) is 1. The number of alkyl carbamates (subject to hydrolysis) is 1. The Bertz CT molecular complexity index is 784. The number of methoxy groups -OCH3 is 1. The highest BCUT2D eigenvalue weighted by atomic mass is 16.6. The molecule has 3 atom stereocenters. The van der Waals surface area contributed by atoms with Gasteiger partial charge in [0.05, 0.1) is 33.0 Å². The van der Waals surface area contributed by atoms with Crippen molar-refractivity contribution in [1.29, 1.82) is 0 Å². The third-order valence-corrected chi connectivity index (χ3v) is 5.22. The van der Waals surface area contributed by atoms with Gasteiger partial charge in [-0.2, -0.15) is 0 Å². The molecule has 1 aromatic carbocycles. The lowest BCUT2D eigenvalue weighted by atomic mass is 9.93. The van der Waals surface area contributed by atoms with Gasteiger partial charge in [-0.1, -0.05) is 44.6 Å². The summed E-state index contributed by atoms with van der Waals surface area (Å²) in [6.07, 6.45) is 5.18. The van der Waals surface area contributed by atoms with Crippen molar-refractivity contribution in [2.75, 3.05) is 20.3 Å². The number of ether oxygens (including phenoxy) is 4. The lowest BCUT2D eigenvalue weighted by molar-refractivity contribution is -0.141. The van der Waals surface area contributed by atoms with Crippen LogP contribution >= 0.6 is 0 Å². The Labute approximate surface area is 210 Å². The van der Waals surface area contributed by atoms with E-state index >= 15 is 0 Å². The van der Waals surface area contributed by atoms with Crippen LogP contribution in [0, 0.1) is 11.8 Å². The summed E-state index contributed by atoms with van der Waals surface area (Å²) in [6.45, 7) is 12.1. The van der Waals surface area contributed by atoms with Gasteiger partial charge in [0.2, 0.25) is 0 Å². The summed E-state index contributed by atoms with van der Waals surface area (Å²) in [5.74, 6) is 0.391.